The summed E-state index contributed by atoms with van der Waals surface area (Å²) in [7, 11) is 0. The molecule has 0 heterocycles. The molecule has 0 aromatic heterocycles. The molecule has 2 aromatic carbocycles. The molecule has 0 radical (unpaired) electrons. The van der Waals surface area contributed by atoms with E-state index >= 15 is 0 Å². The highest BCUT2D eigenvalue weighted by molar-refractivity contribution is 5.98. The number of amides is 1. The number of carbonyl (C=O) groups is 2. The van der Waals surface area contributed by atoms with Crippen molar-refractivity contribution in [2.45, 2.75) is 46.5 Å². The fourth-order valence-electron chi connectivity index (χ4n) is 3.00. The van der Waals surface area contributed by atoms with Gasteiger partial charge >= 0.3 is 0 Å². The van der Waals surface area contributed by atoms with Gasteiger partial charge in [-0.05, 0) is 69.0 Å². The second kappa shape index (κ2) is 10.5. The lowest BCUT2D eigenvalue weighted by atomic mass is 10.0. The van der Waals surface area contributed by atoms with Crippen LogP contribution in [0.2, 0.25) is 0 Å². The first-order chi connectivity index (χ1) is 13.0. The van der Waals surface area contributed by atoms with Crippen LogP contribution in [0, 0.1) is 13.8 Å². The van der Waals surface area contributed by atoms with Crippen LogP contribution in [0.4, 0.5) is 0 Å². The monoisotopic (exact) mass is 367 g/mol. The predicted molar refractivity (Wildman–Crippen MR) is 108 cm³/mol. The Balaban J connectivity index is 1.67. The van der Waals surface area contributed by atoms with Crippen molar-refractivity contribution in [3.8, 4) is 5.75 Å². The van der Waals surface area contributed by atoms with Crippen molar-refractivity contribution in [3.63, 3.8) is 0 Å². The van der Waals surface area contributed by atoms with E-state index in [0.717, 1.165) is 18.6 Å². The van der Waals surface area contributed by atoms with E-state index in [1.165, 1.54) is 16.7 Å². The Hall–Kier alpha value is -2.62. The van der Waals surface area contributed by atoms with Gasteiger partial charge in [0.2, 0.25) is 5.91 Å². The molecule has 1 amide bonds. The Morgan fingerprint density at radius 1 is 1.00 bits per heavy atom. The summed E-state index contributed by atoms with van der Waals surface area (Å²) in [6, 6.07) is 13.5. The predicted octanol–water partition coefficient (Wildman–Crippen LogP) is 4.41. The van der Waals surface area contributed by atoms with Crippen LogP contribution in [0.25, 0.3) is 0 Å². The number of nitrogens with one attached hydrogen (secondary N) is 1. The first-order valence-electron chi connectivity index (χ1n) is 9.58. The molecule has 2 aromatic rings. The summed E-state index contributed by atoms with van der Waals surface area (Å²) in [6.07, 6.45) is 2.27. The number of carbonyl (C=O) groups excluding carboxylic acids is 2. The largest absolute Gasteiger partial charge is 0.494 e. The zero-order valence-corrected chi connectivity index (χ0v) is 16.5. The molecule has 4 heteroatoms. The molecule has 0 aliphatic rings. The molecule has 0 spiro atoms. The number of ether oxygens (including phenoxy) is 1. The summed E-state index contributed by atoms with van der Waals surface area (Å²) >= 11 is 0. The highest BCUT2D eigenvalue weighted by Crippen LogP contribution is 2.14. The van der Waals surface area contributed by atoms with Gasteiger partial charge in [0, 0.05) is 24.9 Å². The van der Waals surface area contributed by atoms with Crippen molar-refractivity contribution in [2.24, 2.45) is 0 Å². The van der Waals surface area contributed by atoms with Crippen LogP contribution in [-0.4, -0.2) is 24.8 Å². The maximum atomic E-state index is 12.2. The maximum absolute atomic E-state index is 12.2. The van der Waals surface area contributed by atoms with Gasteiger partial charge in [-0.15, -0.1) is 0 Å². The summed E-state index contributed by atoms with van der Waals surface area (Å²) in [6.45, 7) is 7.35. The number of hydrogen-bond donors (Lipinski definition) is 1. The lowest BCUT2D eigenvalue weighted by molar-refractivity contribution is -0.121. The summed E-state index contributed by atoms with van der Waals surface area (Å²) in [4.78, 5) is 24.1. The van der Waals surface area contributed by atoms with Gasteiger partial charge in [-0.3, -0.25) is 9.59 Å². The van der Waals surface area contributed by atoms with E-state index in [1.54, 1.807) is 24.3 Å². The minimum atomic E-state index is -0.0742. The van der Waals surface area contributed by atoms with Gasteiger partial charge in [0.15, 0.2) is 5.78 Å². The lowest BCUT2D eigenvalue weighted by Crippen LogP contribution is -2.25. The van der Waals surface area contributed by atoms with Crippen LogP contribution in [0.15, 0.2) is 42.5 Å². The van der Waals surface area contributed by atoms with Crippen LogP contribution >= 0.6 is 0 Å². The minimum absolute atomic E-state index is 0.0246. The van der Waals surface area contributed by atoms with Crippen LogP contribution in [0.3, 0.4) is 0 Å². The molecule has 1 N–H and O–H groups in total. The van der Waals surface area contributed by atoms with Crippen LogP contribution in [0.5, 0.6) is 5.75 Å². The van der Waals surface area contributed by atoms with Crippen molar-refractivity contribution >= 4 is 11.7 Å². The fraction of sp³-hybridized carbons (Fsp3) is 0.391. The first-order valence-corrected chi connectivity index (χ1v) is 9.58. The van der Waals surface area contributed by atoms with Crippen LogP contribution in [0.1, 0.15) is 53.2 Å². The van der Waals surface area contributed by atoms with E-state index in [2.05, 4.69) is 37.4 Å². The number of hydrogen-bond acceptors (Lipinski definition) is 3. The van der Waals surface area contributed by atoms with Crippen molar-refractivity contribution in [1.82, 2.24) is 5.32 Å². The second-order valence-electron chi connectivity index (χ2n) is 6.76. The van der Waals surface area contributed by atoms with Gasteiger partial charge < -0.3 is 10.1 Å². The topological polar surface area (TPSA) is 55.4 Å². The van der Waals surface area contributed by atoms with Crippen molar-refractivity contribution in [3.05, 3.63) is 64.7 Å². The van der Waals surface area contributed by atoms with Crippen molar-refractivity contribution in [2.75, 3.05) is 13.2 Å². The third-order valence-corrected chi connectivity index (χ3v) is 4.51. The average Bonchev–Trinajstić information content (AvgIpc) is 2.65. The van der Waals surface area contributed by atoms with Crippen LogP contribution < -0.4 is 10.1 Å². The number of benzene rings is 2. The number of aryl methyl sites for hydroxylation is 3. The molecule has 0 unspecified atom stereocenters. The Labute approximate surface area is 161 Å². The summed E-state index contributed by atoms with van der Waals surface area (Å²) < 4.78 is 5.36. The normalized spacial score (nSPS) is 10.5. The summed E-state index contributed by atoms with van der Waals surface area (Å²) in [5, 5.41) is 2.91. The Morgan fingerprint density at radius 3 is 2.41 bits per heavy atom. The molecule has 0 fully saturated rings. The molecule has 0 saturated heterocycles. The first kappa shape index (κ1) is 20.7. The summed E-state index contributed by atoms with van der Waals surface area (Å²) in [5.74, 6) is 0.647. The Morgan fingerprint density at radius 2 is 1.74 bits per heavy atom. The second-order valence-corrected chi connectivity index (χ2v) is 6.76. The third-order valence-electron chi connectivity index (χ3n) is 4.51. The molecule has 144 valence electrons. The standard InChI is InChI=1S/C23H29NO3/c1-4-27-21-11-9-20(10-12-21)22(25)13-14-23(26)24-15-5-6-19-8-7-17(2)16-18(19)3/h7-12,16H,4-6,13-15H2,1-3H3,(H,24,26). The molecule has 0 bridgehead atoms. The third kappa shape index (κ3) is 6.89. The van der Waals surface area contributed by atoms with Crippen molar-refractivity contribution < 1.29 is 14.3 Å². The summed E-state index contributed by atoms with van der Waals surface area (Å²) in [5.41, 5.74) is 4.49. The Bertz CT molecular complexity index is 766. The van der Waals surface area contributed by atoms with Gasteiger partial charge in [0.1, 0.15) is 5.75 Å². The number of rotatable bonds is 10. The smallest absolute Gasteiger partial charge is 0.220 e. The molecule has 0 saturated carbocycles. The van der Waals surface area contributed by atoms with Crippen LogP contribution in [-0.2, 0) is 11.2 Å². The zero-order chi connectivity index (χ0) is 19.6. The molecule has 27 heavy (non-hydrogen) atoms. The lowest BCUT2D eigenvalue weighted by Gasteiger charge is -2.08. The molecule has 0 atom stereocenters. The van der Waals surface area contributed by atoms with E-state index in [9.17, 15) is 9.59 Å². The SMILES string of the molecule is CCOc1ccc(C(=O)CCC(=O)NCCCc2ccc(C)cc2C)cc1. The molecule has 0 aliphatic carbocycles. The van der Waals surface area contributed by atoms with E-state index in [-0.39, 0.29) is 24.5 Å². The van der Waals surface area contributed by atoms with E-state index < -0.39 is 0 Å². The Kier molecular flexibility index (Phi) is 8.05. The van der Waals surface area contributed by atoms with Gasteiger partial charge in [0.05, 0.1) is 6.61 Å². The van der Waals surface area contributed by atoms with Gasteiger partial charge in [-0.2, -0.15) is 0 Å². The molecular weight excluding hydrogens is 338 g/mol. The molecule has 2 rings (SSSR count). The van der Waals surface area contributed by atoms with E-state index in [4.69, 9.17) is 4.74 Å². The minimum Gasteiger partial charge on any atom is -0.494 e. The fourth-order valence-corrected chi connectivity index (χ4v) is 3.00. The molecule has 4 nitrogen and oxygen atoms in total. The zero-order valence-electron chi connectivity index (χ0n) is 16.5. The molecule has 0 aliphatic heterocycles. The average molecular weight is 367 g/mol. The highest BCUT2D eigenvalue weighted by Gasteiger charge is 2.09. The van der Waals surface area contributed by atoms with Gasteiger partial charge in [-0.1, -0.05) is 23.8 Å². The number of ketones is 1. The van der Waals surface area contributed by atoms with Crippen molar-refractivity contribution in [1.29, 1.82) is 0 Å². The maximum Gasteiger partial charge on any atom is 0.220 e. The number of Topliss-reactive ketones (excluding diaryl/α,β-unsaturated/α-hetero) is 1. The van der Waals surface area contributed by atoms with E-state index in [0.29, 0.717) is 18.7 Å². The van der Waals surface area contributed by atoms with E-state index in [1.807, 2.05) is 6.92 Å². The highest BCUT2D eigenvalue weighted by atomic mass is 16.5. The molecular formula is C23H29NO3. The van der Waals surface area contributed by atoms with Gasteiger partial charge in [-0.25, -0.2) is 0 Å². The van der Waals surface area contributed by atoms with Gasteiger partial charge in [0.25, 0.3) is 0 Å². The quantitative estimate of drug-likeness (QED) is 0.500.